The molecule has 0 atom stereocenters. The first kappa shape index (κ1) is 11.6. The minimum Gasteiger partial charge on any atom is -0.263 e. The van der Waals surface area contributed by atoms with Crippen LogP contribution in [-0.4, -0.2) is 11.1 Å². The van der Waals surface area contributed by atoms with Gasteiger partial charge in [-0.15, -0.1) is 10.1 Å². The van der Waals surface area contributed by atoms with Crippen molar-refractivity contribution in [1.29, 1.82) is 0 Å². The SMILES string of the molecule is CCc1cccc(C(=O)O[N+](=O)[O-])c1Br. The van der Waals surface area contributed by atoms with Crippen LogP contribution in [0.3, 0.4) is 0 Å². The molecule has 0 saturated carbocycles. The average molecular weight is 274 g/mol. The molecule has 0 aliphatic heterocycles. The fourth-order valence-corrected chi connectivity index (χ4v) is 1.83. The van der Waals surface area contributed by atoms with Crippen molar-refractivity contribution < 1.29 is 14.7 Å². The Labute approximate surface area is 94.3 Å². The van der Waals surface area contributed by atoms with Crippen molar-refractivity contribution in [2.24, 2.45) is 0 Å². The van der Waals surface area contributed by atoms with Crippen molar-refractivity contribution in [1.82, 2.24) is 0 Å². The molecule has 0 spiro atoms. The Morgan fingerprint density at radius 1 is 1.60 bits per heavy atom. The Morgan fingerprint density at radius 3 is 2.80 bits per heavy atom. The van der Waals surface area contributed by atoms with Gasteiger partial charge in [-0.25, -0.2) is 4.84 Å². The predicted octanol–water partition coefficient (Wildman–Crippen LogP) is 2.36. The molecule has 1 aromatic carbocycles. The lowest BCUT2D eigenvalue weighted by Gasteiger charge is -2.05. The Morgan fingerprint density at radius 2 is 2.27 bits per heavy atom. The molecule has 1 rings (SSSR count). The average Bonchev–Trinajstić information content (AvgIpc) is 2.17. The molecule has 0 aromatic heterocycles. The molecule has 1 aromatic rings. The summed E-state index contributed by atoms with van der Waals surface area (Å²) in [6.45, 7) is 1.92. The minimum absolute atomic E-state index is 0.158. The second-order valence-electron chi connectivity index (χ2n) is 2.73. The maximum absolute atomic E-state index is 11.3. The van der Waals surface area contributed by atoms with Gasteiger partial charge in [0.1, 0.15) is 0 Å². The van der Waals surface area contributed by atoms with Crippen molar-refractivity contribution in [2.45, 2.75) is 13.3 Å². The maximum atomic E-state index is 11.3. The third kappa shape index (κ3) is 2.76. The van der Waals surface area contributed by atoms with Crippen LogP contribution in [0.4, 0.5) is 0 Å². The lowest BCUT2D eigenvalue weighted by Crippen LogP contribution is -2.11. The van der Waals surface area contributed by atoms with Crippen molar-refractivity contribution in [3.05, 3.63) is 43.9 Å². The van der Waals surface area contributed by atoms with Gasteiger partial charge in [0.25, 0.3) is 0 Å². The summed E-state index contributed by atoms with van der Waals surface area (Å²) >= 11 is 3.21. The fraction of sp³-hybridized carbons (Fsp3) is 0.222. The first-order valence-electron chi connectivity index (χ1n) is 4.20. The lowest BCUT2D eigenvalue weighted by atomic mass is 10.1. The molecule has 0 heterocycles. The summed E-state index contributed by atoms with van der Waals surface area (Å²) in [5.74, 6) is -0.970. The van der Waals surface area contributed by atoms with E-state index in [0.717, 1.165) is 12.0 Å². The van der Waals surface area contributed by atoms with Gasteiger partial charge in [0.15, 0.2) is 0 Å². The third-order valence-electron chi connectivity index (χ3n) is 1.84. The zero-order chi connectivity index (χ0) is 11.4. The third-order valence-corrected chi connectivity index (χ3v) is 2.77. The number of benzene rings is 1. The number of carbonyl (C=O) groups is 1. The summed E-state index contributed by atoms with van der Waals surface area (Å²) in [6.07, 6.45) is 0.722. The zero-order valence-electron chi connectivity index (χ0n) is 7.90. The second kappa shape index (κ2) is 4.88. The Balaban J connectivity index is 3.04. The Kier molecular flexibility index (Phi) is 3.79. The topological polar surface area (TPSA) is 69.4 Å². The number of carbonyl (C=O) groups excluding carboxylic acids is 1. The number of nitrogens with zero attached hydrogens (tertiary/aromatic N) is 1. The van der Waals surface area contributed by atoms with Gasteiger partial charge in [-0.2, -0.15) is 0 Å². The van der Waals surface area contributed by atoms with E-state index in [1.54, 1.807) is 6.07 Å². The summed E-state index contributed by atoms with van der Waals surface area (Å²) in [5.41, 5.74) is 1.05. The predicted molar refractivity (Wildman–Crippen MR) is 55.9 cm³/mol. The number of hydrogen-bond donors (Lipinski definition) is 0. The summed E-state index contributed by atoms with van der Waals surface area (Å²) in [6, 6.07) is 4.95. The molecule has 0 bridgehead atoms. The zero-order valence-corrected chi connectivity index (χ0v) is 9.48. The Bertz CT molecular complexity index is 405. The standard InChI is InChI=1S/C9H8BrNO4/c1-2-6-4-3-5-7(8(6)10)9(12)15-11(13)14/h3-5H,2H2,1H3. The number of halogens is 1. The second-order valence-corrected chi connectivity index (χ2v) is 3.53. The van der Waals surface area contributed by atoms with Gasteiger partial charge in [-0.3, -0.25) is 4.79 Å². The van der Waals surface area contributed by atoms with Gasteiger partial charge in [-0.05, 0) is 34.0 Å². The monoisotopic (exact) mass is 273 g/mol. The molecule has 15 heavy (non-hydrogen) atoms. The van der Waals surface area contributed by atoms with Gasteiger partial charge >= 0.3 is 11.1 Å². The molecular formula is C9H8BrNO4. The fourth-order valence-electron chi connectivity index (χ4n) is 1.13. The molecule has 6 heteroatoms. The molecule has 80 valence electrons. The smallest absolute Gasteiger partial charge is 0.263 e. The van der Waals surface area contributed by atoms with Crippen LogP contribution >= 0.6 is 15.9 Å². The summed E-state index contributed by atoms with van der Waals surface area (Å²) < 4.78 is 0.541. The Hall–Kier alpha value is -1.43. The summed E-state index contributed by atoms with van der Waals surface area (Å²) in [4.78, 5) is 25.1. The van der Waals surface area contributed by atoms with E-state index in [-0.39, 0.29) is 5.56 Å². The molecule has 0 fully saturated rings. The maximum Gasteiger partial charge on any atom is 0.335 e. The van der Waals surface area contributed by atoms with E-state index in [2.05, 4.69) is 20.8 Å². The quantitative estimate of drug-likeness (QED) is 0.626. The van der Waals surface area contributed by atoms with E-state index in [9.17, 15) is 14.9 Å². The van der Waals surface area contributed by atoms with E-state index in [4.69, 9.17) is 0 Å². The lowest BCUT2D eigenvalue weighted by molar-refractivity contribution is -0.727. The largest absolute Gasteiger partial charge is 0.335 e. The molecule has 0 aliphatic rings. The highest BCUT2D eigenvalue weighted by Gasteiger charge is 2.15. The van der Waals surface area contributed by atoms with Crippen LogP contribution < -0.4 is 0 Å². The first-order valence-corrected chi connectivity index (χ1v) is 4.99. The van der Waals surface area contributed by atoms with E-state index in [1.165, 1.54) is 6.07 Å². The summed E-state index contributed by atoms with van der Waals surface area (Å²) in [7, 11) is 0. The molecular weight excluding hydrogens is 266 g/mol. The highest BCUT2D eigenvalue weighted by atomic mass is 79.9. The van der Waals surface area contributed by atoms with E-state index in [0.29, 0.717) is 4.47 Å². The van der Waals surface area contributed by atoms with Crippen LogP contribution in [0, 0.1) is 10.1 Å². The number of rotatable bonds is 3. The van der Waals surface area contributed by atoms with E-state index < -0.39 is 11.1 Å². The van der Waals surface area contributed by atoms with Gasteiger partial charge in [0, 0.05) is 4.47 Å². The molecule has 0 N–H and O–H groups in total. The summed E-state index contributed by atoms with van der Waals surface area (Å²) in [5, 5.41) is 8.88. The molecule has 0 amide bonds. The first-order chi connectivity index (χ1) is 7.06. The number of hydrogen-bond acceptors (Lipinski definition) is 4. The van der Waals surface area contributed by atoms with Gasteiger partial charge in [0.2, 0.25) is 0 Å². The molecule has 0 radical (unpaired) electrons. The van der Waals surface area contributed by atoms with E-state index in [1.807, 2.05) is 13.0 Å². The van der Waals surface area contributed by atoms with Crippen molar-refractivity contribution >= 4 is 21.9 Å². The van der Waals surface area contributed by atoms with Gasteiger partial charge < -0.3 is 0 Å². The van der Waals surface area contributed by atoms with Crippen LogP contribution in [0.25, 0.3) is 0 Å². The molecule has 0 aliphatic carbocycles. The van der Waals surface area contributed by atoms with Crippen molar-refractivity contribution in [3.8, 4) is 0 Å². The molecule has 5 nitrogen and oxygen atoms in total. The minimum atomic E-state index is -1.12. The van der Waals surface area contributed by atoms with Crippen LogP contribution in [0.5, 0.6) is 0 Å². The van der Waals surface area contributed by atoms with Crippen LogP contribution in [0.2, 0.25) is 0 Å². The van der Waals surface area contributed by atoms with Gasteiger partial charge in [-0.1, -0.05) is 19.1 Å². The van der Waals surface area contributed by atoms with Crippen molar-refractivity contribution in [2.75, 3.05) is 0 Å². The number of aryl methyl sites for hydroxylation is 1. The highest BCUT2D eigenvalue weighted by Crippen LogP contribution is 2.22. The normalized spacial score (nSPS) is 9.73. The van der Waals surface area contributed by atoms with E-state index >= 15 is 0 Å². The van der Waals surface area contributed by atoms with Crippen LogP contribution in [0.1, 0.15) is 22.8 Å². The van der Waals surface area contributed by atoms with Crippen LogP contribution in [-0.2, 0) is 11.3 Å². The molecule has 0 unspecified atom stereocenters. The highest BCUT2D eigenvalue weighted by molar-refractivity contribution is 9.10. The van der Waals surface area contributed by atoms with Crippen molar-refractivity contribution in [3.63, 3.8) is 0 Å². The van der Waals surface area contributed by atoms with Gasteiger partial charge in [0.05, 0.1) is 5.56 Å². The molecule has 0 saturated heterocycles. The van der Waals surface area contributed by atoms with Crippen LogP contribution in [0.15, 0.2) is 22.7 Å².